The highest BCUT2D eigenvalue weighted by Gasteiger charge is 2.01. The monoisotopic (exact) mass is 311 g/mol. The number of ether oxygens (including phenoxy) is 1. The maximum absolute atomic E-state index is 5.58. The Labute approximate surface area is 133 Å². The molecule has 1 aromatic heterocycles. The zero-order valence-corrected chi connectivity index (χ0v) is 14.6. The van der Waals surface area contributed by atoms with Crippen molar-refractivity contribution < 1.29 is 4.74 Å². The molecular weight excluding hydrogens is 282 g/mol. The number of nitrogens with zero attached hydrogens (tertiary/aromatic N) is 1. The van der Waals surface area contributed by atoms with E-state index < -0.39 is 0 Å². The van der Waals surface area contributed by atoms with Gasteiger partial charge in [0.2, 0.25) is 0 Å². The SMILES string of the molecule is CCc1ccc(CNC(=NC)NCCOCCC(C)C)s1. The molecule has 4 nitrogen and oxygen atoms in total. The van der Waals surface area contributed by atoms with Crippen molar-refractivity contribution in [1.82, 2.24) is 10.6 Å². The number of hydrogen-bond acceptors (Lipinski definition) is 3. The number of thiophene rings is 1. The van der Waals surface area contributed by atoms with E-state index in [4.69, 9.17) is 4.74 Å². The van der Waals surface area contributed by atoms with E-state index in [0.29, 0.717) is 12.5 Å². The van der Waals surface area contributed by atoms with Crippen molar-refractivity contribution in [2.24, 2.45) is 10.9 Å². The lowest BCUT2D eigenvalue weighted by atomic mass is 10.1. The Hall–Kier alpha value is -1.07. The molecule has 2 N–H and O–H groups in total. The molecule has 0 aliphatic heterocycles. The first kappa shape index (κ1) is 18.0. The van der Waals surface area contributed by atoms with Crippen LogP contribution in [0.5, 0.6) is 0 Å². The lowest BCUT2D eigenvalue weighted by Gasteiger charge is -2.11. The van der Waals surface area contributed by atoms with Gasteiger partial charge in [0.05, 0.1) is 13.2 Å². The molecule has 0 radical (unpaired) electrons. The van der Waals surface area contributed by atoms with Gasteiger partial charge >= 0.3 is 0 Å². The van der Waals surface area contributed by atoms with Crippen molar-refractivity contribution in [2.45, 2.75) is 40.2 Å². The molecule has 1 heterocycles. The van der Waals surface area contributed by atoms with Crippen LogP contribution in [0.3, 0.4) is 0 Å². The molecule has 1 aromatic rings. The van der Waals surface area contributed by atoms with E-state index in [0.717, 1.165) is 38.5 Å². The maximum atomic E-state index is 5.58. The molecular formula is C16H29N3OS. The van der Waals surface area contributed by atoms with Gasteiger partial charge in [0.15, 0.2) is 5.96 Å². The Morgan fingerprint density at radius 1 is 1.24 bits per heavy atom. The van der Waals surface area contributed by atoms with Crippen LogP contribution in [-0.4, -0.2) is 32.8 Å². The van der Waals surface area contributed by atoms with Crippen LogP contribution in [-0.2, 0) is 17.7 Å². The first-order valence-corrected chi connectivity index (χ1v) is 8.57. The van der Waals surface area contributed by atoms with E-state index >= 15 is 0 Å². The number of nitrogens with one attached hydrogen (secondary N) is 2. The summed E-state index contributed by atoms with van der Waals surface area (Å²) in [5, 5.41) is 6.59. The lowest BCUT2D eigenvalue weighted by Crippen LogP contribution is -2.38. The van der Waals surface area contributed by atoms with Gasteiger partial charge in [-0.3, -0.25) is 4.99 Å². The number of rotatable bonds is 9. The molecule has 21 heavy (non-hydrogen) atoms. The fourth-order valence-electron chi connectivity index (χ4n) is 1.76. The molecule has 0 aromatic carbocycles. The predicted octanol–water partition coefficient (Wildman–Crippen LogP) is 3.04. The van der Waals surface area contributed by atoms with Crippen LogP contribution < -0.4 is 10.6 Å². The Morgan fingerprint density at radius 3 is 2.62 bits per heavy atom. The second-order valence-corrected chi connectivity index (χ2v) is 6.62. The van der Waals surface area contributed by atoms with Crippen LogP contribution in [0, 0.1) is 5.92 Å². The van der Waals surface area contributed by atoms with Crippen LogP contribution in [0.25, 0.3) is 0 Å². The fourth-order valence-corrected chi connectivity index (χ4v) is 2.66. The van der Waals surface area contributed by atoms with Gasteiger partial charge in [-0.2, -0.15) is 0 Å². The highest BCUT2D eigenvalue weighted by molar-refractivity contribution is 7.11. The van der Waals surface area contributed by atoms with Gasteiger partial charge in [-0.1, -0.05) is 20.8 Å². The summed E-state index contributed by atoms with van der Waals surface area (Å²) in [4.78, 5) is 6.98. The third-order valence-electron chi connectivity index (χ3n) is 3.10. The van der Waals surface area contributed by atoms with Crippen molar-refractivity contribution in [3.63, 3.8) is 0 Å². The molecule has 0 atom stereocenters. The van der Waals surface area contributed by atoms with Crippen molar-refractivity contribution in [2.75, 3.05) is 26.8 Å². The Bertz CT molecular complexity index is 415. The highest BCUT2D eigenvalue weighted by Crippen LogP contribution is 2.16. The zero-order chi connectivity index (χ0) is 15.5. The van der Waals surface area contributed by atoms with Gasteiger partial charge in [-0.05, 0) is 30.9 Å². The standard InChI is InChI=1S/C16H29N3OS/c1-5-14-6-7-15(21-14)12-19-16(17-4)18-9-11-20-10-8-13(2)3/h6-7,13H,5,8-12H2,1-4H3,(H2,17,18,19). The van der Waals surface area contributed by atoms with Crippen LogP contribution in [0.15, 0.2) is 17.1 Å². The average molecular weight is 311 g/mol. The third-order valence-corrected chi connectivity index (χ3v) is 4.33. The van der Waals surface area contributed by atoms with Gasteiger partial charge < -0.3 is 15.4 Å². The molecule has 1 rings (SSSR count). The van der Waals surface area contributed by atoms with Gasteiger partial charge in [0.25, 0.3) is 0 Å². The normalized spacial score (nSPS) is 12.0. The molecule has 0 bridgehead atoms. The average Bonchev–Trinajstić information content (AvgIpc) is 2.93. The van der Waals surface area contributed by atoms with E-state index in [1.807, 2.05) is 11.3 Å². The van der Waals surface area contributed by atoms with E-state index in [9.17, 15) is 0 Å². The second kappa shape index (κ2) is 10.6. The third kappa shape index (κ3) is 8.07. The quantitative estimate of drug-likeness (QED) is 0.418. The largest absolute Gasteiger partial charge is 0.380 e. The molecule has 0 unspecified atom stereocenters. The molecule has 0 spiro atoms. The van der Waals surface area contributed by atoms with Crippen molar-refractivity contribution in [1.29, 1.82) is 0 Å². The summed E-state index contributed by atoms with van der Waals surface area (Å²) in [6.07, 6.45) is 2.22. The molecule has 0 aliphatic carbocycles. The van der Waals surface area contributed by atoms with E-state index in [1.54, 1.807) is 7.05 Å². The first-order chi connectivity index (χ1) is 10.2. The molecule has 0 aliphatic rings. The molecule has 0 saturated heterocycles. The molecule has 0 fully saturated rings. The van der Waals surface area contributed by atoms with Crippen LogP contribution >= 0.6 is 11.3 Å². The number of guanidine groups is 1. The van der Waals surface area contributed by atoms with Crippen molar-refractivity contribution >= 4 is 17.3 Å². The van der Waals surface area contributed by atoms with Gasteiger partial charge in [-0.15, -0.1) is 11.3 Å². The lowest BCUT2D eigenvalue weighted by molar-refractivity contribution is 0.128. The van der Waals surface area contributed by atoms with Gasteiger partial charge in [0.1, 0.15) is 0 Å². The molecule has 5 heteroatoms. The number of aliphatic imine (C=N–C) groups is 1. The molecule has 0 amide bonds. The molecule has 120 valence electrons. The Morgan fingerprint density at radius 2 is 2.00 bits per heavy atom. The molecule has 0 saturated carbocycles. The summed E-state index contributed by atoms with van der Waals surface area (Å²) in [7, 11) is 1.79. The van der Waals surface area contributed by atoms with Crippen LogP contribution in [0.4, 0.5) is 0 Å². The topological polar surface area (TPSA) is 45.7 Å². The van der Waals surface area contributed by atoms with Gasteiger partial charge in [0, 0.05) is 30.0 Å². The van der Waals surface area contributed by atoms with E-state index in [-0.39, 0.29) is 0 Å². The minimum atomic E-state index is 0.700. The highest BCUT2D eigenvalue weighted by atomic mass is 32.1. The minimum Gasteiger partial charge on any atom is -0.380 e. The summed E-state index contributed by atoms with van der Waals surface area (Å²) in [5.41, 5.74) is 0. The summed E-state index contributed by atoms with van der Waals surface area (Å²) in [6.45, 7) is 9.75. The minimum absolute atomic E-state index is 0.700. The van der Waals surface area contributed by atoms with Crippen molar-refractivity contribution in [3.05, 3.63) is 21.9 Å². The summed E-state index contributed by atoms with van der Waals surface area (Å²) < 4.78 is 5.58. The Kier molecular flexibility index (Phi) is 9.10. The Balaban J connectivity index is 2.14. The number of aryl methyl sites for hydroxylation is 1. The van der Waals surface area contributed by atoms with Crippen LogP contribution in [0.1, 0.15) is 36.9 Å². The smallest absolute Gasteiger partial charge is 0.191 e. The number of hydrogen-bond donors (Lipinski definition) is 2. The zero-order valence-electron chi connectivity index (χ0n) is 13.7. The van der Waals surface area contributed by atoms with Crippen LogP contribution in [0.2, 0.25) is 0 Å². The summed E-state index contributed by atoms with van der Waals surface area (Å²) >= 11 is 1.85. The predicted molar refractivity (Wildman–Crippen MR) is 92.2 cm³/mol. The summed E-state index contributed by atoms with van der Waals surface area (Å²) in [6, 6.07) is 4.37. The van der Waals surface area contributed by atoms with E-state index in [2.05, 4.69) is 48.5 Å². The first-order valence-electron chi connectivity index (χ1n) is 7.75. The maximum Gasteiger partial charge on any atom is 0.191 e. The van der Waals surface area contributed by atoms with Gasteiger partial charge in [-0.25, -0.2) is 0 Å². The van der Waals surface area contributed by atoms with Crippen molar-refractivity contribution in [3.8, 4) is 0 Å². The summed E-state index contributed by atoms with van der Waals surface area (Å²) in [5.74, 6) is 1.53. The fraction of sp³-hybridized carbons (Fsp3) is 0.688. The van der Waals surface area contributed by atoms with E-state index in [1.165, 1.54) is 9.75 Å². The second-order valence-electron chi connectivity index (χ2n) is 5.37.